The van der Waals surface area contributed by atoms with E-state index in [0.717, 1.165) is 19.6 Å². The molecular formula is C12H19N3. The summed E-state index contributed by atoms with van der Waals surface area (Å²) in [4.78, 5) is 4.60. The first-order chi connectivity index (χ1) is 7.27. The third-order valence-electron chi connectivity index (χ3n) is 3.06. The van der Waals surface area contributed by atoms with Crippen LogP contribution in [-0.4, -0.2) is 25.8 Å². The van der Waals surface area contributed by atoms with E-state index < -0.39 is 0 Å². The molecule has 82 valence electrons. The number of para-hydroxylation sites is 2. The van der Waals surface area contributed by atoms with Crippen molar-refractivity contribution in [3.63, 3.8) is 0 Å². The molecule has 15 heavy (non-hydrogen) atoms. The smallest absolute Gasteiger partial charge is 0.0949 e. The summed E-state index contributed by atoms with van der Waals surface area (Å²) in [7, 11) is 0. The van der Waals surface area contributed by atoms with E-state index in [4.69, 9.17) is 5.73 Å². The molecule has 0 saturated carbocycles. The van der Waals surface area contributed by atoms with E-state index in [1.54, 1.807) is 0 Å². The summed E-state index contributed by atoms with van der Waals surface area (Å²) in [6.45, 7) is 7.22. The Hall–Kier alpha value is -1.22. The zero-order valence-corrected chi connectivity index (χ0v) is 9.48. The highest BCUT2D eigenvalue weighted by molar-refractivity contribution is 5.73. The molecule has 1 aliphatic heterocycles. The summed E-state index contributed by atoms with van der Waals surface area (Å²) >= 11 is 0. The van der Waals surface area contributed by atoms with Gasteiger partial charge in [-0.1, -0.05) is 12.1 Å². The fourth-order valence-corrected chi connectivity index (χ4v) is 2.28. The van der Waals surface area contributed by atoms with Crippen molar-refractivity contribution in [2.24, 2.45) is 5.73 Å². The van der Waals surface area contributed by atoms with Gasteiger partial charge in [0.25, 0.3) is 0 Å². The molecule has 3 heteroatoms. The molecule has 0 saturated heterocycles. The Labute approximate surface area is 91.5 Å². The maximum absolute atomic E-state index is 6.15. The molecular weight excluding hydrogens is 186 g/mol. The maximum atomic E-state index is 6.15. The van der Waals surface area contributed by atoms with Gasteiger partial charge in [0.2, 0.25) is 0 Å². The van der Waals surface area contributed by atoms with Gasteiger partial charge >= 0.3 is 0 Å². The van der Waals surface area contributed by atoms with E-state index in [-0.39, 0.29) is 6.17 Å². The molecule has 0 bridgehead atoms. The van der Waals surface area contributed by atoms with Crippen molar-refractivity contribution in [1.29, 1.82) is 0 Å². The van der Waals surface area contributed by atoms with Crippen molar-refractivity contribution in [3.05, 3.63) is 24.3 Å². The zero-order valence-electron chi connectivity index (χ0n) is 9.48. The third kappa shape index (κ3) is 1.67. The van der Waals surface area contributed by atoms with Gasteiger partial charge in [-0.15, -0.1) is 0 Å². The second-order valence-corrected chi connectivity index (χ2v) is 3.88. The predicted octanol–water partition coefficient (Wildman–Crippen LogP) is 1.64. The van der Waals surface area contributed by atoms with Crippen LogP contribution in [0.3, 0.4) is 0 Å². The van der Waals surface area contributed by atoms with Crippen molar-refractivity contribution < 1.29 is 0 Å². The predicted molar refractivity (Wildman–Crippen MR) is 65.3 cm³/mol. The Morgan fingerprint density at radius 1 is 1.20 bits per heavy atom. The molecule has 0 amide bonds. The van der Waals surface area contributed by atoms with Crippen LogP contribution in [-0.2, 0) is 0 Å². The Morgan fingerprint density at radius 2 is 1.87 bits per heavy atom. The van der Waals surface area contributed by atoms with Crippen LogP contribution in [0.2, 0.25) is 0 Å². The van der Waals surface area contributed by atoms with Crippen molar-refractivity contribution in [2.45, 2.75) is 20.0 Å². The standard InChI is InChI=1S/C12H19N3/c1-3-14-9-12(13)15(4-2)11-8-6-5-7-10(11)14/h5-8,12H,3-4,9,13H2,1-2H3. The average Bonchev–Trinajstić information content (AvgIpc) is 2.28. The molecule has 0 spiro atoms. The zero-order chi connectivity index (χ0) is 10.8. The van der Waals surface area contributed by atoms with Crippen LogP contribution in [0.15, 0.2) is 24.3 Å². The fourth-order valence-electron chi connectivity index (χ4n) is 2.28. The summed E-state index contributed by atoms with van der Waals surface area (Å²) in [6.07, 6.45) is 0.116. The van der Waals surface area contributed by atoms with Gasteiger partial charge in [0.15, 0.2) is 0 Å². The largest absolute Gasteiger partial charge is 0.367 e. The minimum absolute atomic E-state index is 0.116. The van der Waals surface area contributed by atoms with Crippen LogP contribution in [0.25, 0.3) is 0 Å². The number of nitrogens with zero attached hydrogens (tertiary/aromatic N) is 2. The molecule has 1 aromatic carbocycles. The number of likely N-dealkylation sites (N-methyl/N-ethyl adjacent to an activating group) is 2. The lowest BCUT2D eigenvalue weighted by Crippen LogP contribution is -2.53. The van der Waals surface area contributed by atoms with Crippen LogP contribution in [0.1, 0.15) is 13.8 Å². The quantitative estimate of drug-likeness (QED) is 0.796. The van der Waals surface area contributed by atoms with Crippen LogP contribution in [0.4, 0.5) is 11.4 Å². The maximum Gasteiger partial charge on any atom is 0.0949 e. The lowest BCUT2D eigenvalue weighted by atomic mass is 10.1. The second-order valence-electron chi connectivity index (χ2n) is 3.88. The summed E-state index contributed by atoms with van der Waals surface area (Å²) in [5.74, 6) is 0. The fraction of sp³-hybridized carbons (Fsp3) is 0.500. The Balaban J connectivity index is 2.43. The van der Waals surface area contributed by atoms with Crippen molar-refractivity contribution in [3.8, 4) is 0 Å². The molecule has 1 atom stereocenters. The molecule has 3 nitrogen and oxygen atoms in total. The summed E-state index contributed by atoms with van der Waals surface area (Å²) in [5.41, 5.74) is 8.73. The topological polar surface area (TPSA) is 32.5 Å². The lowest BCUT2D eigenvalue weighted by molar-refractivity contribution is 0.581. The van der Waals surface area contributed by atoms with Crippen LogP contribution in [0, 0.1) is 0 Å². The molecule has 0 radical (unpaired) electrons. The van der Waals surface area contributed by atoms with Crippen LogP contribution < -0.4 is 15.5 Å². The highest BCUT2D eigenvalue weighted by Crippen LogP contribution is 2.33. The summed E-state index contributed by atoms with van der Waals surface area (Å²) in [6, 6.07) is 8.49. The van der Waals surface area contributed by atoms with Crippen LogP contribution in [0.5, 0.6) is 0 Å². The Kier molecular flexibility index (Phi) is 2.82. The monoisotopic (exact) mass is 205 g/mol. The number of nitrogens with two attached hydrogens (primary N) is 1. The van der Waals surface area contributed by atoms with E-state index in [1.165, 1.54) is 11.4 Å². The molecule has 1 aromatic rings. The first-order valence-electron chi connectivity index (χ1n) is 5.64. The number of anilines is 2. The van der Waals surface area contributed by atoms with Crippen molar-refractivity contribution >= 4 is 11.4 Å². The van der Waals surface area contributed by atoms with E-state index in [1.807, 2.05) is 0 Å². The van der Waals surface area contributed by atoms with Gasteiger partial charge in [-0.05, 0) is 26.0 Å². The molecule has 1 heterocycles. The molecule has 1 aliphatic rings. The van der Waals surface area contributed by atoms with E-state index in [0.29, 0.717) is 0 Å². The first-order valence-corrected chi connectivity index (χ1v) is 5.64. The summed E-state index contributed by atoms with van der Waals surface area (Å²) in [5, 5.41) is 0. The molecule has 1 unspecified atom stereocenters. The SMILES string of the molecule is CCN1CC(N)N(CC)c2ccccc21. The molecule has 0 aliphatic carbocycles. The van der Waals surface area contributed by atoms with Gasteiger partial charge in [-0.3, -0.25) is 0 Å². The van der Waals surface area contributed by atoms with Gasteiger partial charge < -0.3 is 15.5 Å². The lowest BCUT2D eigenvalue weighted by Gasteiger charge is -2.42. The van der Waals surface area contributed by atoms with Gasteiger partial charge in [-0.2, -0.15) is 0 Å². The number of benzene rings is 1. The number of hydrogen-bond acceptors (Lipinski definition) is 3. The molecule has 2 N–H and O–H groups in total. The first kappa shape index (κ1) is 10.3. The van der Waals surface area contributed by atoms with Crippen molar-refractivity contribution in [1.82, 2.24) is 0 Å². The molecule has 0 fully saturated rings. The highest BCUT2D eigenvalue weighted by atomic mass is 15.3. The third-order valence-corrected chi connectivity index (χ3v) is 3.06. The minimum Gasteiger partial charge on any atom is -0.367 e. The van der Waals surface area contributed by atoms with Gasteiger partial charge in [-0.25, -0.2) is 0 Å². The minimum atomic E-state index is 0.116. The van der Waals surface area contributed by atoms with E-state index >= 15 is 0 Å². The molecule has 0 aromatic heterocycles. The van der Waals surface area contributed by atoms with E-state index in [2.05, 4.69) is 47.9 Å². The summed E-state index contributed by atoms with van der Waals surface area (Å²) < 4.78 is 0. The van der Waals surface area contributed by atoms with E-state index in [9.17, 15) is 0 Å². The van der Waals surface area contributed by atoms with Gasteiger partial charge in [0.05, 0.1) is 24.1 Å². The van der Waals surface area contributed by atoms with Crippen LogP contribution >= 0.6 is 0 Å². The van der Waals surface area contributed by atoms with Gasteiger partial charge in [0, 0.05) is 13.1 Å². The van der Waals surface area contributed by atoms with Gasteiger partial charge in [0.1, 0.15) is 0 Å². The number of fused-ring (bicyclic) bond motifs is 1. The normalized spacial score (nSPS) is 20.3. The average molecular weight is 205 g/mol. The highest BCUT2D eigenvalue weighted by Gasteiger charge is 2.25. The number of rotatable bonds is 2. The molecule has 2 rings (SSSR count). The Morgan fingerprint density at radius 3 is 2.47 bits per heavy atom. The second kappa shape index (κ2) is 4.11. The Bertz CT molecular complexity index is 337. The number of hydrogen-bond donors (Lipinski definition) is 1. The van der Waals surface area contributed by atoms with Crippen molar-refractivity contribution in [2.75, 3.05) is 29.4 Å².